The number of aromatic nitrogens is 1. The quantitative estimate of drug-likeness (QED) is 0.919. The molecule has 6 heteroatoms. The van der Waals surface area contributed by atoms with E-state index in [9.17, 15) is 4.79 Å². The Hall–Kier alpha value is -1.43. The van der Waals surface area contributed by atoms with E-state index < -0.39 is 0 Å². The summed E-state index contributed by atoms with van der Waals surface area (Å²) in [6.45, 7) is 2.90. The first-order valence-electron chi connectivity index (χ1n) is 7.35. The Morgan fingerprint density at radius 2 is 2.36 bits per heavy atom. The summed E-state index contributed by atoms with van der Waals surface area (Å²) in [5.41, 5.74) is 1.31. The first-order chi connectivity index (χ1) is 10.6. The second-order valence-electron chi connectivity index (χ2n) is 5.48. The van der Waals surface area contributed by atoms with Crippen LogP contribution < -0.4 is 5.32 Å². The standard InChI is InChI=1S/C16H18ClN3OS/c1-11(16(21)19-15-5-4-13(17)9-18-15)20-7-2-3-14(20)12-6-8-22-10-12/h4-6,8-11,14H,2-3,7H2,1H3,(H,18,19,21)/t11-,14-/m1/s1. The van der Waals surface area contributed by atoms with Crippen LogP contribution in [0.4, 0.5) is 5.82 Å². The fourth-order valence-corrected chi connectivity index (χ4v) is 3.73. The van der Waals surface area contributed by atoms with Gasteiger partial charge in [-0.1, -0.05) is 11.6 Å². The van der Waals surface area contributed by atoms with Gasteiger partial charge in [-0.15, -0.1) is 0 Å². The van der Waals surface area contributed by atoms with E-state index in [1.165, 1.54) is 11.8 Å². The number of rotatable bonds is 4. The predicted molar refractivity (Wildman–Crippen MR) is 90.3 cm³/mol. The van der Waals surface area contributed by atoms with E-state index in [0.717, 1.165) is 19.4 Å². The lowest BCUT2D eigenvalue weighted by Crippen LogP contribution is -2.41. The molecule has 3 heterocycles. The van der Waals surface area contributed by atoms with E-state index in [1.807, 2.05) is 6.92 Å². The van der Waals surface area contributed by atoms with Crippen LogP contribution in [-0.2, 0) is 4.79 Å². The maximum absolute atomic E-state index is 12.5. The minimum atomic E-state index is -0.190. The maximum atomic E-state index is 12.5. The lowest BCUT2D eigenvalue weighted by atomic mass is 10.1. The molecule has 1 aliphatic rings. The molecule has 2 aromatic rings. The third-order valence-electron chi connectivity index (χ3n) is 4.08. The fraction of sp³-hybridized carbons (Fsp3) is 0.375. The highest BCUT2D eigenvalue weighted by Crippen LogP contribution is 2.34. The second kappa shape index (κ2) is 6.77. The molecule has 1 saturated heterocycles. The van der Waals surface area contributed by atoms with Gasteiger partial charge in [0.15, 0.2) is 0 Å². The summed E-state index contributed by atoms with van der Waals surface area (Å²) in [5.74, 6) is 0.504. The smallest absolute Gasteiger partial charge is 0.242 e. The van der Waals surface area contributed by atoms with E-state index in [0.29, 0.717) is 16.9 Å². The molecule has 3 rings (SSSR count). The van der Waals surface area contributed by atoms with Gasteiger partial charge in [0.25, 0.3) is 0 Å². The van der Waals surface area contributed by atoms with Crippen LogP contribution in [0.15, 0.2) is 35.2 Å². The fourth-order valence-electron chi connectivity index (χ4n) is 2.91. The molecule has 2 aromatic heterocycles. The molecule has 1 N–H and O–H groups in total. The zero-order valence-corrected chi connectivity index (χ0v) is 13.9. The molecule has 0 spiro atoms. The third-order valence-corrected chi connectivity index (χ3v) is 5.00. The first-order valence-corrected chi connectivity index (χ1v) is 8.67. The topological polar surface area (TPSA) is 45.2 Å². The molecule has 0 unspecified atom stereocenters. The van der Waals surface area contributed by atoms with Gasteiger partial charge < -0.3 is 5.32 Å². The van der Waals surface area contributed by atoms with E-state index in [1.54, 1.807) is 23.5 Å². The van der Waals surface area contributed by atoms with Crippen LogP contribution in [0.3, 0.4) is 0 Å². The van der Waals surface area contributed by atoms with Gasteiger partial charge in [-0.05, 0) is 60.8 Å². The summed E-state index contributed by atoms with van der Waals surface area (Å²) in [7, 11) is 0. The Morgan fingerprint density at radius 3 is 3.05 bits per heavy atom. The molecule has 22 heavy (non-hydrogen) atoms. The molecule has 2 atom stereocenters. The van der Waals surface area contributed by atoms with Crippen LogP contribution in [-0.4, -0.2) is 28.4 Å². The molecular weight excluding hydrogens is 318 g/mol. The van der Waals surface area contributed by atoms with Crippen molar-refractivity contribution in [1.82, 2.24) is 9.88 Å². The van der Waals surface area contributed by atoms with E-state index in [-0.39, 0.29) is 11.9 Å². The molecule has 1 fully saturated rings. The maximum Gasteiger partial charge on any atom is 0.242 e. The number of carbonyl (C=O) groups is 1. The van der Waals surface area contributed by atoms with Crippen molar-refractivity contribution in [2.75, 3.05) is 11.9 Å². The number of halogens is 1. The second-order valence-corrected chi connectivity index (χ2v) is 6.70. The van der Waals surface area contributed by atoms with Gasteiger partial charge in [-0.3, -0.25) is 9.69 Å². The third kappa shape index (κ3) is 3.32. The Kier molecular flexibility index (Phi) is 4.76. The minimum Gasteiger partial charge on any atom is -0.309 e. The van der Waals surface area contributed by atoms with Gasteiger partial charge in [0, 0.05) is 12.2 Å². The van der Waals surface area contributed by atoms with Gasteiger partial charge in [-0.25, -0.2) is 4.98 Å². The molecule has 0 aliphatic carbocycles. The minimum absolute atomic E-state index is 0.0306. The number of anilines is 1. The van der Waals surface area contributed by atoms with Gasteiger partial charge >= 0.3 is 0 Å². The molecule has 0 aromatic carbocycles. The van der Waals surface area contributed by atoms with Gasteiger partial charge in [-0.2, -0.15) is 11.3 Å². The number of nitrogens with one attached hydrogen (secondary N) is 1. The Bertz CT molecular complexity index is 629. The van der Waals surface area contributed by atoms with Gasteiger partial charge in [0.2, 0.25) is 5.91 Å². The molecule has 116 valence electrons. The Labute approximate surface area is 139 Å². The zero-order chi connectivity index (χ0) is 15.5. The first kappa shape index (κ1) is 15.5. The van der Waals surface area contributed by atoms with Crippen LogP contribution >= 0.6 is 22.9 Å². The summed E-state index contributed by atoms with van der Waals surface area (Å²) in [6.07, 6.45) is 3.76. The number of thiophene rings is 1. The average molecular weight is 336 g/mol. The number of carbonyl (C=O) groups excluding carboxylic acids is 1. The van der Waals surface area contributed by atoms with Crippen molar-refractivity contribution in [3.8, 4) is 0 Å². The molecule has 0 radical (unpaired) electrons. The van der Waals surface area contributed by atoms with Crippen molar-refractivity contribution in [3.05, 3.63) is 45.7 Å². The van der Waals surface area contributed by atoms with Crippen molar-refractivity contribution < 1.29 is 4.79 Å². The monoisotopic (exact) mass is 335 g/mol. The van der Waals surface area contributed by atoms with Gasteiger partial charge in [0.1, 0.15) is 5.82 Å². The van der Waals surface area contributed by atoms with Crippen molar-refractivity contribution in [3.63, 3.8) is 0 Å². The summed E-state index contributed by atoms with van der Waals surface area (Å²) in [6, 6.07) is 5.74. The molecule has 0 bridgehead atoms. The van der Waals surface area contributed by atoms with Crippen LogP contribution in [0.2, 0.25) is 5.02 Å². The summed E-state index contributed by atoms with van der Waals surface area (Å²) >= 11 is 7.51. The number of pyridine rings is 1. The van der Waals surface area contributed by atoms with Crippen molar-refractivity contribution in [1.29, 1.82) is 0 Å². The number of nitrogens with zero attached hydrogens (tertiary/aromatic N) is 2. The highest BCUT2D eigenvalue weighted by Gasteiger charge is 2.33. The highest BCUT2D eigenvalue weighted by atomic mass is 35.5. The Balaban J connectivity index is 1.68. The van der Waals surface area contributed by atoms with E-state index >= 15 is 0 Å². The highest BCUT2D eigenvalue weighted by molar-refractivity contribution is 7.07. The van der Waals surface area contributed by atoms with Crippen molar-refractivity contribution >= 4 is 34.7 Å². The molecule has 0 saturated carbocycles. The SMILES string of the molecule is C[C@H](C(=O)Nc1ccc(Cl)cn1)N1CCC[C@@H]1c1ccsc1. The van der Waals surface area contributed by atoms with Crippen LogP contribution in [0.1, 0.15) is 31.4 Å². The van der Waals surface area contributed by atoms with Crippen LogP contribution in [0, 0.1) is 0 Å². The average Bonchev–Trinajstić information content (AvgIpc) is 3.19. The van der Waals surface area contributed by atoms with Crippen molar-refractivity contribution in [2.24, 2.45) is 0 Å². The van der Waals surface area contributed by atoms with Crippen LogP contribution in [0.25, 0.3) is 0 Å². The van der Waals surface area contributed by atoms with Gasteiger partial charge in [0.05, 0.1) is 11.1 Å². The summed E-state index contributed by atoms with van der Waals surface area (Å²) < 4.78 is 0. The number of hydrogen-bond donors (Lipinski definition) is 1. The lowest BCUT2D eigenvalue weighted by Gasteiger charge is -2.29. The largest absolute Gasteiger partial charge is 0.309 e. The zero-order valence-electron chi connectivity index (χ0n) is 12.3. The molecule has 1 amide bonds. The van der Waals surface area contributed by atoms with Crippen molar-refractivity contribution in [2.45, 2.75) is 31.8 Å². The summed E-state index contributed by atoms with van der Waals surface area (Å²) in [4.78, 5) is 18.9. The number of hydrogen-bond acceptors (Lipinski definition) is 4. The Morgan fingerprint density at radius 1 is 1.50 bits per heavy atom. The normalized spacial score (nSPS) is 20.0. The molecular formula is C16H18ClN3OS. The van der Waals surface area contributed by atoms with E-state index in [2.05, 4.69) is 32.0 Å². The van der Waals surface area contributed by atoms with E-state index in [4.69, 9.17) is 11.6 Å². The summed E-state index contributed by atoms with van der Waals surface area (Å²) in [5, 5.41) is 7.69. The number of amides is 1. The predicted octanol–water partition coefficient (Wildman–Crippen LogP) is 3.96. The molecule has 4 nitrogen and oxygen atoms in total. The molecule has 1 aliphatic heterocycles. The number of likely N-dealkylation sites (tertiary alicyclic amines) is 1. The van der Waals surface area contributed by atoms with Crippen LogP contribution in [0.5, 0.6) is 0 Å². The lowest BCUT2D eigenvalue weighted by molar-refractivity contribution is -0.121.